The maximum atomic E-state index is 13.2. The Kier molecular flexibility index (Phi) is 6.25. The number of aryl methyl sites for hydroxylation is 1. The highest BCUT2D eigenvalue weighted by atomic mass is 19.1. The molecule has 0 radical (unpaired) electrons. The molecule has 1 aliphatic carbocycles. The van der Waals surface area contributed by atoms with Crippen molar-refractivity contribution in [3.63, 3.8) is 0 Å². The Morgan fingerprint density at radius 2 is 2.08 bits per heavy atom. The van der Waals surface area contributed by atoms with Gasteiger partial charge in [0.2, 0.25) is 0 Å². The molecule has 8 heteroatoms. The molecule has 40 heavy (non-hydrogen) atoms. The maximum absolute atomic E-state index is 13.2. The molecule has 4 heterocycles. The third-order valence-corrected chi connectivity index (χ3v) is 8.33. The van der Waals surface area contributed by atoms with Crippen molar-refractivity contribution in [2.24, 2.45) is 13.0 Å². The zero-order valence-electron chi connectivity index (χ0n) is 22.8. The van der Waals surface area contributed by atoms with Gasteiger partial charge in [-0.25, -0.2) is 9.97 Å². The van der Waals surface area contributed by atoms with E-state index in [1.54, 1.807) is 11.1 Å². The van der Waals surface area contributed by atoms with Crippen molar-refractivity contribution in [1.29, 1.82) is 0 Å². The first-order valence-corrected chi connectivity index (χ1v) is 14.2. The van der Waals surface area contributed by atoms with E-state index in [2.05, 4.69) is 68.2 Å². The first-order valence-electron chi connectivity index (χ1n) is 14.2. The fourth-order valence-corrected chi connectivity index (χ4v) is 6.03. The molecule has 5 aromatic rings. The lowest BCUT2D eigenvalue weighted by atomic mass is 9.98. The van der Waals surface area contributed by atoms with Gasteiger partial charge in [0.25, 0.3) is 5.91 Å². The van der Waals surface area contributed by atoms with E-state index in [1.807, 2.05) is 18.6 Å². The summed E-state index contributed by atoms with van der Waals surface area (Å²) in [5.74, 6) is 1.58. The van der Waals surface area contributed by atoms with Gasteiger partial charge in [0.15, 0.2) is 5.82 Å². The predicted molar refractivity (Wildman–Crippen MR) is 156 cm³/mol. The molecule has 0 atom stereocenters. The quantitative estimate of drug-likeness (QED) is 0.237. The fourth-order valence-electron chi connectivity index (χ4n) is 6.03. The van der Waals surface area contributed by atoms with Gasteiger partial charge in [-0.05, 0) is 60.9 Å². The van der Waals surface area contributed by atoms with Gasteiger partial charge in [-0.3, -0.25) is 9.18 Å². The molecule has 1 saturated carbocycles. The summed E-state index contributed by atoms with van der Waals surface area (Å²) >= 11 is 0. The van der Waals surface area contributed by atoms with Crippen LogP contribution >= 0.6 is 0 Å². The Morgan fingerprint density at radius 1 is 1.18 bits per heavy atom. The Balaban J connectivity index is 1.31. The van der Waals surface area contributed by atoms with Gasteiger partial charge in [0.1, 0.15) is 0 Å². The molecule has 0 spiro atoms. The molecule has 0 bridgehead atoms. The molecule has 7 rings (SSSR count). The van der Waals surface area contributed by atoms with Gasteiger partial charge in [0.05, 0.1) is 35.2 Å². The van der Waals surface area contributed by atoms with Crippen LogP contribution in [0.4, 0.5) is 4.39 Å². The molecule has 0 unspecified atom stereocenters. The van der Waals surface area contributed by atoms with E-state index in [1.165, 1.54) is 29.3 Å². The van der Waals surface area contributed by atoms with Gasteiger partial charge in [-0.1, -0.05) is 30.4 Å². The number of carbonyl (C=O) groups excluding carboxylic acids is 1. The molecule has 2 aliphatic rings. The lowest BCUT2D eigenvalue weighted by Crippen LogP contribution is -2.38. The molecule has 1 amide bonds. The number of imidazole rings is 2. The van der Waals surface area contributed by atoms with Crippen LogP contribution in [0.1, 0.15) is 40.7 Å². The van der Waals surface area contributed by atoms with Crippen LogP contribution in [0.5, 0.6) is 0 Å². The molecule has 0 N–H and O–H groups in total. The normalized spacial score (nSPS) is 15.7. The summed E-state index contributed by atoms with van der Waals surface area (Å²) < 4.78 is 19.4. The zero-order valence-corrected chi connectivity index (χ0v) is 22.8. The lowest BCUT2D eigenvalue weighted by Gasteiger charge is -2.28. The highest BCUT2D eigenvalue weighted by molar-refractivity contribution is 6.01. The molecule has 1 aliphatic heterocycles. The number of allylic oxidation sites excluding steroid dienone is 1. The van der Waals surface area contributed by atoms with Crippen molar-refractivity contribution in [2.75, 3.05) is 19.8 Å². The van der Waals surface area contributed by atoms with Crippen molar-refractivity contribution in [3.8, 4) is 11.5 Å². The van der Waals surface area contributed by atoms with Crippen LogP contribution in [0, 0.1) is 5.92 Å². The number of hydrogen-bond donors (Lipinski definition) is 0. The van der Waals surface area contributed by atoms with Gasteiger partial charge in [0, 0.05) is 56.6 Å². The maximum Gasteiger partial charge on any atom is 0.254 e. The van der Waals surface area contributed by atoms with Crippen LogP contribution in [0.3, 0.4) is 0 Å². The van der Waals surface area contributed by atoms with E-state index in [9.17, 15) is 9.18 Å². The number of rotatable bonds is 9. The molecule has 2 aromatic carbocycles. The molecular formula is C32H33FN6O. The molecule has 0 saturated heterocycles. The van der Waals surface area contributed by atoms with Gasteiger partial charge >= 0.3 is 0 Å². The monoisotopic (exact) mass is 536 g/mol. The fraction of sp³-hybridized carbons (Fsp3) is 0.344. The first kappa shape index (κ1) is 24.8. The number of benzene rings is 2. The summed E-state index contributed by atoms with van der Waals surface area (Å²) in [4.78, 5) is 24.2. The third kappa shape index (κ3) is 4.41. The highest BCUT2D eigenvalue weighted by Crippen LogP contribution is 2.38. The second kappa shape index (κ2) is 10.1. The van der Waals surface area contributed by atoms with Gasteiger partial charge in [-0.2, -0.15) is 0 Å². The Bertz CT molecular complexity index is 1740. The number of alkyl halides is 1. The molecular weight excluding hydrogens is 503 g/mol. The summed E-state index contributed by atoms with van der Waals surface area (Å²) in [6.45, 7) is 2.42. The second-order valence-electron chi connectivity index (χ2n) is 11.1. The number of aromatic nitrogens is 5. The van der Waals surface area contributed by atoms with Crippen LogP contribution < -0.4 is 0 Å². The predicted octanol–water partition coefficient (Wildman–Crippen LogP) is 5.87. The van der Waals surface area contributed by atoms with Crippen molar-refractivity contribution in [1.82, 2.24) is 28.6 Å². The average molecular weight is 537 g/mol. The summed E-state index contributed by atoms with van der Waals surface area (Å²) in [7, 11) is 2.07. The summed E-state index contributed by atoms with van der Waals surface area (Å²) in [6, 6.07) is 12.8. The van der Waals surface area contributed by atoms with Crippen LogP contribution in [0.25, 0.3) is 39.5 Å². The minimum atomic E-state index is -0.406. The molecule has 7 nitrogen and oxygen atoms in total. The van der Waals surface area contributed by atoms with Gasteiger partial charge < -0.3 is 18.6 Å². The molecule has 1 fully saturated rings. The topological polar surface area (TPSA) is 60.9 Å². The Labute approximate surface area is 232 Å². The summed E-state index contributed by atoms with van der Waals surface area (Å²) in [5, 5.41) is 1.20. The smallest absolute Gasteiger partial charge is 0.254 e. The van der Waals surface area contributed by atoms with E-state index in [0.717, 1.165) is 47.6 Å². The average Bonchev–Trinajstić information content (AvgIpc) is 3.34. The zero-order chi connectivity index (χ0) is 27.2. The largest absolute Gasteiger partial charge is 0.338 e. The lowest BCUT2D eigenvalue weighted by molar-refractivity contribution is 0.0735. The van der Waals surface area contributed by atoms with Crippen molar-refractivity contribution in [2.45, 2.75) is 38.8 Å². The van der Waals surface area contributed by atoms with Crippen LogP contribution in [0.2, 0.25) is 0 Å². The highest BCUT2D eigenvalue weighted by Gasteiger charge is 2.28. The minimum absolute atomic E-state index is 0.0150. The number of nitrogens with zero attached hydrogens (tertiary/aromatic N) is 6. The standard InChI is InChI=1S/C32H33FN6O/c1-36-28-17-24-10-15-38(14-4-11-33)32(40)26(24)19-27(28)35-31(36)29-18-25-6-2-5-23(7-3-13-37-16-12-34-21-37)30(25)39(29)20-22-8-9-22/h2-3,5-7,12,16-19,21-22H,4,8-11,13-15,20H2,1H3/b7-3+. The van der Waals surface area contributed by atoms with Gasteiger partial charge in [-0.15, -0.1) is 0 Å². The van der Waals surface area contributed by atoms with Crippen molar-refractivity contribution in [3.05, 3.63) is 77.9 Å². The number of halogens is 1. The first-order chi connectivity index (χ1) is 19.6. The summed E-state index contributed by atoms with van der Waals surface area (Å²) in [6.07, 6.45) is 13.7. The number of hydrogen-bond acceptors (Lipinski definition) is 3. The van der Waals surface area contributed by atoms with E-state index < -0.39 is 6.67 Å². The third-order valence-electron chi connectivity index (χ3n) is 8.33. The van der Waals surface area contributed by atoms with E-state index >= 15 is 0 Å². The van der Waals surface area contributed by atoms with Crippen LogP contribution in [-0.4, -0.2) is 54.2 Å². The second-order valence-corrected chi connectivity index (χ2v) is 11.1. The minimum Gasteiger partial charge on any atom is -0.338 e. The Morgan fingerprint density at radius 3 is 2.88 bits per heavy atom. The molecule has 204 valence electrons. The number of carbonyl (C=O) groups is 1. The SMILES string of the molecule is Cn1c(-c2cc3cccc(/C=C/Cn4ccnc4)c3n2CC2CC2)nc2cc3c(cc21)CCN(CCCF)C3=O. The van der Waals surface area contributed by atoms with Crippen molar-refractivity contribution >= 4 is 33.9 Å². The van der Waals surface area contributed by atoms with Crippen LogP contribution in [0.15, 0.2) is 61.2 Å². The van der Waals surface area contributed by atoms with E-state index in [4.69, 9.17) is 4.98 Å². The van der Waals surface area contributed by atoms with E-state index in [-0.39, 0.29) is 5.91 Å². The number of amides is 1. The number of fused-ring (bicyclic) bond motifs is 3. The summed E-state index contributed by atoms with van der Waals surface area (Å²) in [5.41, 5.74) is 7.13. The van der Waals surface area contributed by atoms with Crippen LogP contribution in [-0.2, 0) is 26.6 Å². The Hall–Kier alpha value is -4.20. The number of para-hydroxylation sites is 1. The van der Waals surface area contributed by atoms with E-state index in [0.29, 0.717) is 31.0 Å². The van der Waals surface area contributed by atoms with Crippen molar-refractivity contribution < 1.29 is 9.18 Å². The molecule has 3 aromatic heterocycles.